The normalized spacial score (nSPS) is 25.6. The fourth-order valence-electron chi connectivity index (χ4n) is 4.03. The molecule has 0 N–H and O–H groups in total. The molecule has 2 aromatic heterocycles. The van der Waals surface area contributed by atoms with E-state index in [-0.39, 0.29) is 17.4 Å². The summed E-state index contributed by atoms with van der Waals surface area (Å²) in [6.45, 7) is 4.41. The van der Waals surface area contributed by atoms with Crippen LogP contribution in [0.5, 0.6) is 5.88 Å². The standard InChI is InChI=1S/C20H24N2O4/c1-15-6-7-16(26-15)19(23)22-11-8-17-20(13-22,9-4-12-24-17)14-25-18-5-2-3-10-21-18/h2-3,5-7,10,17H,4,8-9,11-14H2,1H3/t17-,20+/m1/s1. The van der Waals surface area contributed by atoms with Crippen molar-refractivity contribution in [3.8, 4) is 5.88 Å². The van der Waals surface area contributed by atoms with Crippen LogP contribution in [0.2, 0.25) is 0 Å². The molecule has 0 bridgehead atoms. The highest BCUT2D eigenvalue weighted by molar-refractivity contribution is 5.91. The Morgan fingerprint density at radius 3 is 3.08 bits per heavy atom. The Hall–Kier alpha value is -2.34. The maximum Gasteiger partial charge on any atom is 0.289 e. The molecule has 2 aliphatic heterocycles. The van der Waals surface area contributed by atoms with Gasteiger partial charge in [-0.1, -0.05) is 6.07 Å². The number of carbonyl (C=O) groups excluding carboxylic acids is 1. The van der Waals surface area contributed by atoms with Gasteiger partial charge in [0, 0.05) is 37.4 Å². The lowest BCUT2D eigenvalue weighted by Gasteiger charge is -2.49. The molecule has 6 nitrogen and oxygen atoms in total. The third kappa shape index (κ3) is 3.33. The van der Waals surface area contributed by atoms with Gasteiger partial charge in [-0.2, -0.15) is 0 Å². The first kappa shape index (κ1) is 17.1. The van der Waals surface area contributed by atoms with E-state index in [1.54, 1.807) is 12.3 Å². The first-order valence-electron chi connectivity index (χ1n) is 9.17. The van der Waals surface area contributed by atoms with Gasteiger partial charge < -0.3 is 18.8 Å². The smallest absolute Gasteiger partial charge is 0.289 e. The van der Waals surface area contributed by atoms with Crippen LogP contribution in [0.25, 0.3) is 0 Å². The first-order chi connectivity index (χ1) is 12.7. The molecule has 0 saturated carbocycles. The number of aryl methyl sites for hydroxylation is 1. The van der Waals surface area contributed by atoms with Gasteiger partial charge in [-0.3, -0.25) is 4.79 Å². The lowest BCUT2D eigenvalue weighted by atomic mass is 9.73. The number of fused-ring (bicyclic) bond motifs is 1. The Balaban J connectivity index is 1.51. The number of hydrogen-bond acceptors (Lipinski definition) is 5. The highest BCUT2D eigenvalue weighted by atomic mass is 16.5. The van der Waals surface area contributed by atoms with Crippen molar-refractivity contribution in [2.45, 2.75) is 32.3 Å². The molecular weight excluding hydrogens is 332 g/mol. The molecule has 0 aliphatic carbocycles. The summed E-state index contributed by atoms with van der Waals surface area (Å²) in [5, 5.41) is 0. The fourth-order valence-corrected chi connectivity index (χ4v) is 4.03. The van der Waals surface area contributed by atoms with Gasteiger partial charge in [0.25, 0.3) is 5.91 Å². The molecule has 2 aliphatic rings. The Morgan fingerprint density at radius 2 is 2.31 bits per heavy atom. The van der Waals surface area contributed by atoms with E-state index in [1.165, 1.54) is 0 Å². The predicted molar refractivity (Wildman–Crippen MR) is 95.1 cm³/mol. The van der Waals surface area contributed by atoms with E-state index in [2.05, 4.69) is 4.98 Å². The molecule has 26 heavy (non-hydrogen) atoms. The van der Waals surface area contributed by atoms with Gasteiger partial charge in [0.05, 0.1) is 12.7 Å². The SMILES string of the molecule is Cc1ccc(C(=O)N2CC[C@H]3OCCC[C@@]3(COc3ccccn3)C2)o1. The van der Waals surface area contributed by atoms with Crippen molar-refractivity contribution in [1.29, 1.82) is 0 Å². The van der Waals surface area contributed by atoms with Gasteiger partial charge in [-0.15, -0.1) is 0 Å². The molecule has 4 heterocycles. The van der Waals surface area contributed by atoms with Crippen LogP contribution in [0.15, 0.2) is 40.9 Å². The number of amides is 1. The minimum atomic E-state index is -0.203. The molecule has 2 fully saturated rings. The highest BCUT2D eigenvalue weighted by Crippen LogP contribution is 2.41. The Kier molecular flexibility index (Phi) is 4.68. The Bertz CT molecular complexity index is 760. The topological polar surface area (TPSA) is 64.8 Å². The van der Waals surface area contributed by atoms with Crippen molar-refractivity contribution in [2.24, 2.45) is 5.41 Å². The van der Waals surface area contributed by atoms with Crippen LogP contribution in [0.1, 0.15) is 35.6 Å². The first-order valence-corrected chi connectivity index (χ1v) is 9.17. The highest BCUT2D eigenvalue weighted by Gasteiger charge is 2.48. The van der Waals surface area contributed by atoms with Crippen LogP contribution in [0, 0.1) is 12.3 Å². The van der Waals surface area contributed by atoms with Crippen LogP contribution in [0.4, 0.5) is 0 Å². The van der Waals surface area contributed by atoms with Crippen molar-refractivity contribution in [3.05, 3.63) is 48.0 Å². The van der Waals surface area contributed by atoms with Crippen molar-refractivity contribution in [2.75, 3.05) is 26.3 Å². The molecule has 6 heteroatoms. The van der Waals surface area contributed by atoms with E-state index >= 15 is 0 Å². The number of hydrogen-bond donors (Lipinski definition) is 0. The van der Waals surface area contributed by atoms with Crippen LogP contribution in [-0.2, 0) is 4.74 Å². The lowest BCUT2D eigenvalue weighted by Crippen LogP contribution is -2.58. The molecule has 2 atom stereocenters. The van der Waals surface area contributed by atoms with Gasteiger partial charge in [0.2, 0.25) is 5.88 Å². The number of rotatable bonds is 4. The average Bonchev–Trinajstić information content (AvgIpc) is 3.12. The number of furan rings is 1. The van der Waals surface area contributed by atoms with E-state index in [9.17, 15) is 4.79 Å². The van der Waals surface area contributed by atoms with Gasteiger partial charge >= 0.3 is 0 Å². The summed E-state index contributed by atoms with van der Waals surface area (Å²) in [6.07, 6.45) is 4.60. The number of piperidine rings is 1. The summed E-state index contributed by atoms with van der Waals surface area (Å²) in [4.78, 5) is 19.0. The van der Waals surface area contributed by atoms with E-state index in [0.717, 1.165) is 31.6 Å². The second-order valence-electron chi connectivity index (χ2n) is 7.21. The molecule has 4 rings (SSSR count). The number of ether oxygens (including phenoxy) is 2. The van der Waals surface area contributed by atoms with E-state index in [0.29, 0.717) is 31.3 Å². The minimum Gasteiger partial charge on any atom is -0.477 e. The third-order valence-corrected chi connectivity index (χ3v) is 5.37. The van der Waals surface area contributed by atoms with Gasteiger partial charge in [-0.05, 0) is 44.4 Å². The van der Waals surface area contributed by atoms with Crippen molar-refractivity contribution in [1.82, 2.24) is 9.88 Å². The quantitative estimate of drug-likeness (QED) is 0.842. The van der Waals surface area contributed by atoms with Crippen LogP contribution in [-0.4, -0.2) is 48.2 Å². The van der Waals surface area contributed by atoms with Crippen molar-refractivity contribution >= 4 is 5.91 Å². The maximum atomic E-state index is 12.8. The minimum absolute atomic E-state index is 0.0562. The van der Waals surface area contributed by atoms with Crippen LogP contribution >= 0.6 is 0 Å². The van der Waals surface area contributed by atoms with Gasteiger partial charge in [-0.25, -0.2) is 4.98 Å². The zero-order valence-electron chi connectivity index (χ0n) is 15.0. The number of aromatic nitrogens is 1. The molecule has 2 saturated heterocycles. The van der Waals surface area contributed by atoms with Crippen molar-refractivity contribution in [3.63, 3.8) is 0 Å². The largest absolute Gasteiger partial charge is 0.477 e. The number of carbonyl (C=O) groups is 1. The summed E-state index contributed by atoms with van der Waals surface area (Å²) in [5.41, 5.74) is -0.203. The molecule has 0 radical (unpaired) electrons. The van der Waals surface area contributed by atoms with Gasteiger partial charge in [0.1, 0.15) is 5.76 Å². The maximum absolute atomic E-state index is 12.8. The van der Waals surface area contributed by atoms with Crippen LogP contribution in [0.3, 0.4) is 0 Å². The summed E-state index contributed by atoms with van der Waals surface area (Å²) < 4.78 is 17.6. The number of nitrogens with zero attached hydrogens (tertiary/aromatic N) is 2. The molecule has 0 unspecified atom stereocenters. The molecule has 0 spiro atoms. The monoisotopic (exact) mass is 356 g/mol. The summed E-state index contributed by atoms with van der Waals surface area (Å²) in [5.74, 6) is 1.70. The van der Waals surface area contributed by atoms with Crippen molar-refractivity contribution < 1.29 is 18.7 Å². The average molecular weight is 356 g/mol. The molecule has 1 amide bonds. The third-order valence-electron chi connectivity index (χ3n) is 5.37. The van der Waals surface area contributed by atoms with E-state index in [4.69, 9.17) is 13.9 Å². The number of pyridine rings is 1. The molecule has 0 aromatic carbocycles. The summed E-state index contributed by atoms with van der Waals surface area (Å²) >= 11 is 0. The molecule has 2 aromatic rings. The Labute approximate surface area is 153 Å². The van der Waals surface area contributed by atoms with Gasteiger partial charge in [0.15, 0.2) is 5.76 Å². The number of likely N-dealkylation sites (tertiary alicyclic amines) is 1. The molecular formula is C20H24N2O4. The second kappa shape index (κ2) is 7.11. The lowest BCUT2D eigenvalue weighted by molar-refractivity contribution is -0.133. The van der Waals surface area contributed by atoms with E-state index < -0.39 is 0 Å². The van der Waals surface area contributed by atoms with E-state index in [1.807, 2.05) is 36.1 Å². The Morgan fingerprint density at radius 1 is 1.38 bits per heavy atom. The van der Waals surface area contributed by atoms with Crippen LogP contribution < -0.4 is 4.74 Å². The predicted octanol–water partition coefficient (Wildman–Crippen LogP) is 3.07. The summed E-state index contributed by atoms with van der Waals surface area (Å²) in [7, 11) is 0. The molecule has 138 valence electrons. The second-order valence-corrected chi connectivity index (χ2v) is 7.21. The zero-order valence-corrected chi connectivity index (χ0v) is 15.0. The zero-order chi connectivity index (χ0) is 18.0. The fraction of sp³-hybridized carbons (Fsp3) is 0.500. The summed E-state index contributed by atoms with van der Waals surface area (Å²) in [6, 6.07) is 9.20.